The van der Waals surface area contributed by atoms with Crippen LogP contribution < -0.4 is 20.9 Å². The van der Waals surface area contributed by atoms with Crippen molar-refractivity contribution in [3.05, 3.63) is 130 Å². The number of fused-ring (bicyclic) bond motifs is 1. The van der Waals surface area contributed by atoms with Crippen molar-refractivity contribution in [1.82, 2.24) is 20.2 Å². The minimum Gasteiger partial charge on any atom is -0.353 e. The molecule has 6 rings (SSSR count). The molecule has 0 atom stereocenters. The van der Waals surface area contributed by atoms with E-state index in [1.54, 1.807) is 66.7 Å². The number of para-hydroxylation sites is 1. The molecule has 1 aromatic heterocycles. The van der Waals surface area contributed by atoms with Crippen molar-refractivity contribution >= 4 is 40.9 Å². The molecule has 4 aromatic carbocycles. The molecule has 49 heavy (non-hydrogen) atoms. The maximum Gasteiger partial charge on any atom is 0.328 e. The second-order valence-corrected chi connectivity index (χ2v) is 11.7. The van der Waals surface area contributed by atoms with Crippen LogP contribution in [0.2, 0.25) is 0 Å². The van der Waals surface area contributed by atoms with Crippen LogP contribution in [0.1, 0.15) is 37.4 Å². The number of nitrogens with zero attached hydrogens (tertiary/aromatic N) is 4. The number of amides is 3. The summed E-state index contributed by atoms with van der Waals surface area (Å²) in [6.45, 7) is 2.92. The van der Waals surface area contributed by atoms with E-state index in [0.29, 0.717) is 52.3 Å². The van der Waals surface area contributed by atoms with Gasteiger partial charge in [0.1, 0.15) is 17.3 Å². The number of hydrogen-bond donors (Lipinski definition) is 3. The van der Waals surface area contributed by atoms with Crippen LogP contribution in [0, 0.1) is 18.6 Å². The van der Waals surface area contributed by atoms with Crippen LogP contribution in [-0.4, -0.2) is 59.8 Å². The topological polar surface area (TPSA) is 120 Å². The fourth-order valence-electron chi connectivity index (χ4n) is 5.45. The van der Waals surface area contributed by atoms with Gasteiger partial charge < -0.3 is 20.9 Å². The molecule has 3 amide bonds. The van der Waals surface area contributed by atoms with E-state index in [0.717, 1.165) is 22.6 Å². The Morgan fingerprint density at radius 1 is 0.878 bits per heavy atom. The Labute approximate surface area is 281 Å². The number of rotatable bonds is 10. The van der Waals surface area contributed by atoms with Gasteiger partial charge in [0.15, 0.2) is 11.6 Å². The first-order chi connectivity index (χ1) is 23.6. The van der Waals surface area contributed by atoms with Gasteiger partial charge in [0.25, 0.3) is 5.91 Å². The summed E-state index contributed by atoms with van der Waals surface area (Å²) < 4.78 is 30.1. The minimum absolute atomic E-state index is 0.0159. The van der Waals surface area contributed by atoms with Gasteiger partial charge in [0.2, 0.25) is 5.95 Å². The minimum atomic E-state index is -0.933. The molecule has 0 bridgehead atoms. The average molecular weight is 662 g/mol. The van der Waals surface area contributed by atoms with E-state index in [1.165, 1.54) is 6.07 Å². The number of urea groups is 1. The molecule has 0 radical (unpaired) electrons. The summed E-state index contributed by atoms with van der Waals surface area (Å²) >= 11 is 0. The quantitative estimate of drug-likeness (QED) is 0.145. The zero-order chi connectivity index (χ0) is 34.7. The molecule has 0 unspecified atom stereocenters. The monoisotopic (exact) mass is 661 g/mol. The summed E-state index contributed by atoms with van der Waals surface area (Å²) in [4.78, 5) is 51.6. The predicted octanol–water partition coefficient (Wildman–Crippen LogP) is 6.55. The zero-order valence-corrected chi connectivity index (χ0v) is 27.1. The lowest BCUT2D eigenvalue weighted by atomic mass is 9.97. The van der Waals surface area contributed by atoms with Crippen molar-refractivity contribution in [3.63, 3.8) is 0 Å². The number of aromatic nitrogens is 2. The Balaban J connectivity index is 1.36. The lowest BCUT2D eigenvalue weighted by Crippen LogP contribution is -2.43. The predicted molar refractivity (Wildman–Crippen MR) is 184 cm³/mol. The van der Waals surface area contributed by atoms with E-state index < -0.39 is 29.3 Å². The number of halogens is 2. The summed E-state index contributed by atoms with van der Waals surface area (Å²) in [5.74, 6) is -2.23. The second-order valence-electron chi connectivity index (χ2n) is 11.7. The largest absolute Gasteiger partial charge is 0.353 e. The van der Waals surface area contributed by atoms with Crippen LogP contribution in [0.3, 0.4) is 0 Å². The fraction of sp³-hybridized carbons (Fsp3) is 0.162. The number of benzene rings is 4. The summed E-state index contributed by atoms with van der Waals surface area (Å²) in [6, 6.07) is 23.3. The third-order valence-corrected chi connectivity index (χ3v) is 8.02. The first kappa shape index (κ1) is 32.9. The van der Waals surface area contributed by atoms with Crippen molar-refractivity contribution in [1.29, 1.82) is 0 Å². The van der Waals surface area contributed by atoms with E-state index in [4.69, 9.17) is 4.98 Å². The Kier molecular flexibility index (Phi) is 9.40. The van der Waals surface area contributed by atoms with Crippen LogP contribution in [0.25, 0.3) is 11.3 Å². The summed E-state index contributed by atoms with van der Waals surface area (Å²) in [7, 11) is 3.82. The van der Waals surface area contributed by atoms with E-state index in [-0.39, 0.29) is 24.1 Å². The molecule has 1 aliphatic rings. The molecule has 1 aliphatic heterocycles. The Bertz CT molecular complexity index is 2030. The third-order valence-electron chi connectivity index (χ3n) is 8.02. The Morgan fingerprint density at radius 2 is 1.55 bits per heavy atom. The summed E-state index contributed by atoms with van der Waals surface area (Å²) in [5.41, 5.74) is 3.43. The van der Waals surface area contributed by atoms with Crippen LogP contribution in [0.5, 0.6) is 0 Å². The molecule has 12 heteroatoms. The van der Waals surface area contributed by atoms with Crippen molar-refractivity contribution in [2.24, 2.45) is 0 Å². The molecule has 5 aromatic rings. The van der Waals surface area contributed by atoms with Crippen molar-refractivity contribution in [3.8, 4) is 11.3 Å². The number of anilines is 4. The maximum absolute atomic E-state index is 15.1. The first-order valence-electron chi connectivity index (χ1n) is 15.5. The maximum atomic E-state index is 15.1. The van der Waals surface area contributed by atoms with Gasteiger partial charge in [-0.1, -0.05) is 42.5 Å². The number of likely N-dealkylation sites (N-methyl/N-ethyl adjacent to an activating group) is 1. The number of nitrogens with one attached hydrogen (secondary N) is 3. The standard InChI is InChI=1S/C37H33F2N7O3/c1-22-12-13-25(35(48)42-26-16-14-24(15-17-26)33(47)23-8-5-4-6-9-23)20-27(22)31-28-21-41-37(49)46(32-29(38)10-7-11-30(32)39)34(28)44-36(43-31)40-18-19-45(2)3/h4-17,20H,18-19,21H2,1-3H3,(H,41,49)(H,42,48)(H,40,43,44). The van der Waals surface area contributed by atoms with Crippen molar-refractivity contribution < 1.29 is 23.2 Å². The molecule has 0 fully saturated rings. The van der Waals surface area contributed by atoms with E-state index in [1.807, 2.05) is 32.0 Å². The number of hydrogen-bond acceptors (Lipinski definition) is 7. The van der Waals surface area contributed by atoms with Gasteiger partial charge in [-0.05, 0) is 75.1 Å². The highest BCUT2D eigenvalue weighted by Crippen LogP contribution is 2.39. The lowest BCUT2D eigenvalue weighted by Gasteiger charge is -2.31. The molecule has 10 nitrogen and oxygen atoms in total. The van der Waals surface area contributed by atoms with Crippen LogP contribution in [0.4, 0.5) is 36.7 Å². The average Bonchev–Trinajstić information content (AvgIpc) is 3.09. The third kappa shape index (κ3) is 6.99. The van der Waals surface area contributed by atoms with Crippen LogP contribution >= 0.6 is 0 Å². The lowest BCUT2D eigenvalue weighted by molar-refractivity contribution is 0.102. The van der Waals surface area contributed by atoms with E-state index >= 15 is 8.78 Å². The van der Waals surface area contributed by atoms with Gasteiger partial charge in [-0.3, -0.25) is 9.59 Å². The number of carbonyl (C=O) groups excluding carboxylic acids is 3. The van der Waals surface area contributed by atoms with Gasteiger partial charge >= 0.3 is 6.03 Å². The zero-order valence-electron chi connectivity index (χ0n) is 27.1. The van der Waals surface area contributed by atoms with Gasteiger partial charge in [0, 0.05) is 46.6 Å². The molecule has 0 saturated carbocycles. The number of aryl methyl sites for hydroxylation is 1. The molecule has 3 N–H and O–H groups in total. The first-order valence-corrected chi connectivity index (χ1v) is 15.5. The highest BCUT2D eigenvalue weighted by atomic mass is 19.1. The van der Waals surface area contributed by atoms with Gasteiger partial charge in [0.05, 0.1) is 12.2 Å². The van der Waals surface area contributed by atoms with Gasteiger partial charge in [-0.2, -0.15) is 4.98 Å². The molecule has 0 aliphatic carbocycles. The molecule has 0 saturated heterocycles. The van der Waals surface area contributed by atoms with Crippen LogP contribution in [-0.2, 0) is 6.54 Å². The number of ketones is 1. The highest BCUT2D eigenvalue weighted by Gasteiger charge is 2.34. The SMILES string of the molecule is Cc1ccc(C(=O)Nc2ccc(C(=O)c3ccccc3)cc2)cc1-c1nc(NCCN(C)C)nc2c1CNC(=O)N2c1c(F)cccc1F. The molecule has 0 spiro atoms. The molecular weight excluding hydrogens is 628 g/mol. The number of carbonyl (C=O) groups is 3. The van der Waals surface area contributed by atoms with Crippen LogP contribution in [0.15, 0.2) is 91.0 Å². The Hall–Kier alpha value is -6.01. The van der Waals surface area contributed by atoms with Crippen molar-refractivity contribution in [2.45, 2.75) is 13.5 Å². The smallest absolute Gasteiger partial charge is 0.328 e. The normalized spacial score (nSPS) is 12.4. The van der Waals surface area contributed by atoms with Crippen molar-refractivity contribution in [2.75, 3.05) is 42.7 Å². The molecule has 2 heterocycles. The van der Waals surface area contributed by atoms with Gasteiger partial charge in [-0.15, -0.1) is 0 Å². The van der Waals surface area contributed by atoms with Gasteiger partial charge in [-0.25, -0.2) is 23.5 Å². The summed E-state index contributed by atoms with van der Waals surface area (Å²) in [6.07, 6.45) is 0. The second kappa shape index (κ2) is 14.0. The van der Waals surface area contributed by atoms with E-state index in [9.17, 15) is 14.4 Å². The van der Waals surface area contributed by atoms with E-state index in [2.05, 4.69) is 20.9 Å². The fourth-order valence-corrected chi connectivity index (χ4v) is 5.45. The Morgan fingerprint density at radius 3 is 2.24 bits per heavy atom. The highest BCUT2D eigenvalue weighted by molar-refractivity contribution is 6.10. The molecular formula is C37H33F2N7O3. The molecule has 248 valence electrons. The summed E-state index contributed by atoms with van der Waals surface area (Å²) in [5, 5.41) is 8.71.